The first-order chi connectivity index (χ1) is 18.7. The van der Waals surface area contributed by atoms with Crippen LogP contribution in [0, 0.1) is 5.92 Å². The molecule has 3 aliphatic rings. The molecule has 3 amide bonds. The van der Waals surface area contributed by atoms with E-state index in [-0.39, 0.29) is 47.9 Å². The van der Waals surface area contributed by atoms with Crippen LogP contribution in [0.5, 0.6) is 0 Å². The van der Waals surface area contributed by atoms with Crippen LogP contribution in [0.2, 0.25) is 0 Å². The van der Waals surface area contributed by atoms with Gasteiger partial charge in [0, 0.05) is 50.2 Å². The monoisotopic (exact) mass is 571 g/mol. The fourth-order valence-corrected chi connectivity index (χ4v) is 6.00. The average molecular weight is 572 g/mol. The Morgan fingerprint density at radius 3 is 1.90 bits per heavy atom. The van der Waals surface area contributed by atoms with Gasteiger partial charge in [-0.2, -0.15) is 0 Å². The molecule has 0 aromatic heterocycles. The van der Waals surface area contributed by atoms with Gasteiger partial charge in [0.2, 0.25) is 17.7 Å². The molecular weight excluding hydrogens is 520 g/mol. The normalized spacial score (nSPS) is 25.0. The van der Waals surface area contributed by atoms with Gasteiger partial charge in [-0.05, 0) is 79.3 Å². The minimum Gasteiger partial charge on any atom is -0.354 e. The van der Waals surface area contributed by atoms with Crippen molar-refractivity contribution >= 4 is 17.7 Å². The van der Waals surface area contributed by atoms with E-state index in [0.717, 1.165) is 19.5 Å². The molecule has 5 N–H and O–H groups in total. The maximum Gasteiger partial charge on any atom is 0.272 e. The molecule has 3 rings (SSSR count). The zero-order valence-electron chi connectivity index (χ0n) is 24.9. The third kappa shape index (κ3) is 9.88. The maximum absolute atomic E-state index is 13.7. The molecule has 230 valence electrons. The Kier molecular flexibility index (Phi) is 11.7. The van der Waals surface area contributed by atoms with E-state index in [1.807, 2.05) is 27.7 Å². The molecule has 0 radical (unpaired) electrons. The highest BCUT2D eigenvalue weighted by Crippen LogP contribution is 2.30. The molecule has 0 saturated carbocycles. The summed E-state index contributed by atoms with van der Waals surface area (Å²) in [5.74, 6) is -2.76. The van der Waals surface area contributed by atoms with Crippen molar-refractivity contribution in [1.82, 2.24) is 30.7 Å². The smallest absolute Gasteiger partial charge is 0.272 e. The minimum atomic E-state index is -2.78. The molecule has 0 aromatic carbocycles. The number of carbonyl (C=O) groups excluding carboxylic acids is 3. The summed E-state index contributed by atoms with van der Waals surface area (Å²) >= 11 is 0. The lowest BCUT2D eigenvalue weighted by Gasteiger charge is -2.43. The van der Waals surface area contributed by atoms with E-state index >= 15 is 0 Å². The predicted octanol–water partition coefficient (Wildman–Crippen LogP) is 0.754. The second-order valence-corrected chi connectivity index (χ2v) is 12.8. The number of likely N-dealkylation sites (tertiary alicyclic amines) is 3. The van der Waals surface area contributed by atoms with Gasteiger partial charge in [-0.25, -0.2) is 8.78 Å². The number of halogens is 2. The SMILES string of the molecule is CC(C)NC(=O)C(CCC(C)NC(=O)C(CCC(C)NC(=O)CC1CCN(C)C1)N1CC(F)(F)C1)N1CC(N)C1. The highest BCUT2D eigenvalue weighted by Gasteiger charge is 2.48. The van der Waals surface area contributed by atoms with Crippen LogP contribution in [0.25, 0.3) is 0 Å². The number of carbonyl (C=O) groups is 3. The summed E-state index contributed by atoms with van der Waals surface area (Å²) in [6.07, 6.45) is 3.49. The van der Waals surface area contributed by atoms with Crippen molar-refractivity contribution in [2.24, 2.45) is 11.7 Å². The van der Waals surface area contributed by atoms with Crippen molar-refractivity contribution in [1.29, 1.82) is 0 Å². The molecule has 3 saturated heterocycles. The second kappa shape index (κ2) is 14.3. The first-order valence-electron chi connectivity index (χ1n) is 14.9. The topological polar surface area (TPSA) is 123 Å². The summed E-state index contributed by atoms with van der Waals surface area (Å²) < 4.78 is 27.4. The van der Waals surface area contributed by atoms with Crippen LogP contribution in [0.4, 0.5) is 8.78 Å². The van der Waals surface area contributed by atoms with Gasteiger partial charge in [0.05, 0.1) is 25.2 Å². The van der Waals surface area contributed by atoms with Crippen LogP contribution < -0.4 is 21.7 Å². The fourth-order valence-electron chi connectivity index (χ4n) is 6.00. The first-order valence-corrected chi connectivity index (χ1v) is 14.9. The van der Waals surface area contributed by atoms with Gasteiger partial charge >= 0.3 is 0 Å². The molecule has 0 aliphatic carbocycles. The lowest BCUT2D eigenvalue weighted by molar-refractivity contribution is -0.159. The number of nitrogens with zero attached hydrogens (tertiary/aromatic N) is 3. The van der Waals surface area contributed by atoms with Gasteiger partial charge in [-0.3, -0.25) is 24.2 Å². The summed E-state index contributed by atoms with van der Waals surface area (Å²) in [5, 5.41) is 8.99. The zero-order valence-corrected chi connectivity index (χ0v) is 24.9. The summed E-state index contributed by atoms with van der Waals surface area (Å²) in [6.45, 7) is 9.96. The van der Waals surface area contributed by atoms with Crippen LogP contribution in [-0.2, 0) is 14.4 Å². The van der Waals surface area contributed by atoms with Crippen LogP contribution in [-0.4, -0.2) is 121 Å². The van der Waals surface area contributed by atoms with E-state index in [9.17, 15) is 23.2 Å². The number of amides is 3. The summed E-state index contributed by atoms with van der Waals surface area (Å²) in [6, 6.07) is -1.32. The van der Waals surface area contributed by atoms with E-state index in [4.69, 9.17) is 5.73 Å². The number of hydrogen-bond donors (Lipinski definition) is 4. The molecule has 0 bridgehead atoms. The largest absolute Gasteiger partial charge is 0.354 e. The number of hydrogen-bond acceptors (Lipinski definition) is 7. The molecule has 0 aromatic rings. The Morgan fingerprint density at radius 2 is 1.40 bits per heavy atom. The molecule has 12 heteroatoms. The Hall–Kier alpha value is -1.89. The van der Waals surface area contributed by atoms with Gasteiger partial charge in [0.15, 0.2) is 0 Å². The summed E-state index contributed by atoms with van der Waals surface area (Å²) in [5.41, 5.74) is 5.93. The van der Waals surface area contributed by atoms with Crippen molar-refractivity contribution in [3.8, 4) is 0 Å². The van der Waals surface area contributed by atoms with Crippen molar-refractivity contribution in [2.75, 3.05) is 46.3 Å². The van der Waals surface area contributed by atoms with Gasteiger partial charge < -0.3 is 26.6 Å². The molecule has 0 spiro atoms. The average Bonchev–Trinajstić information content (AvgIpc) is 3.20. The zero-order chi connectivity index (χ0) is 29.6. The third-order valence-electron chi connectivity index (χ3n) is 8.23. The quantitative estimate of drug-likeness (QED) is 0.229. The predicted molar refractivity (Wildman–Crippen MR) is 151 cm³/mol. The highest BCUT2D eigenvalue weighted by molar-refractivity contribution is 5.83. The minimum absolute atomic E-state index is 0.00266. The van der Waals surface area contributed by atoms with Gasteiger partial charge in [0.1, 0.15) is 0 Å². The van der Waals surface area contributed by atoms with E-state index < -0.39 is 25.1 Å². The van der Waals surface area contributed by atoms with E-state index in [0.29, 0.717) is 51.1 Å². The molecule has 3 aliphatic heterocycles. The van der Waals surface area contributed by atoms with Crippen LogP contribution in [0.3, 0.4) is 0 Å². The summed E-state index contributed by atoms with van der Waals surface area (Å²) in [4.78, 5) is 44.3. The number of nitrogens with two attached hydrogens (primary N) is 1. The fraction of sp³-hybridized carbons (Fsp3) is 0.893. The molecule has 5 atom stereocenters. The van der Waals surface area contributed by atoms with E-state index in [2.05, 4.69) is 32.8 Å². The Morgan fingerprint density at radius 1 is 0.850 bits per heavy atom. The van der Waals surface area contributed by atoms with Crippen LogP contribution in [0.15, 0.2) is 0 Å². The first kappa shape index (κ1) is 32.6. The highest BCUT2D eigenvalue weighted by atomic mass is 19.3. The number of alkyl halides is 2. The molecule has 5 unspecified atom stereocenters. The molecular formula is C28H51F2N7O3. The van der Waals surface area contributed by atoms with Crippen molar-refractivity contribution < 1.29 is 23.2 Å². The Bertz CT molecular complexity index is 863. The Balaban J connectivity index is 1.49. The molecule has 10 nitrogen and oxygen atoms in total. The second-order valence-electron chi connectivity index (χ2n) is 12.8. The van der Waals surface area contributed by atoms with Gasteiger partial charge in [-0.1, -0.05) is 0 Å². The number of rotatable bonds is 15. The van der Waals surface area contributed by atoms with E-state index in [1.165, 1.54) is 4.90 Å². The third-order valence-corrected chi connectivity index (χ3v) is 8.23. The van der Waals surface area contributed by atoms with Gasteiger partial charge in [0.25, 0.3) is 5.92 Å². The van der Waals surface area contributed by atoms with Crippen molar-refractivity contribution in [3.05, 3.63) is 0 Å². The van der Waals surface area contributed by atoms with Crippen molar-refractivity contribution in [2.45, 2.75) is 108 Å². The van der Waals surface area contributed by atoms with Gasteiger partial charge in [-0.15, -0.1) is 0 Å². The molecule has 3 fully saturated rings. The number of nitrogens with one attached hydrogen (secondary N) is 3. The van der Waals surface area contributed by atoms with Crippen molar-refractivity contribution in [3.63, 3.8) is 0 Å². The standard InChI is InChI=1S/C28H51F2N7O3/c1-18(2)32-26(39)23(36-14-22(31)15-36)8-7-20(4)34-27(40)24(37-16-28(29,30)17-37)9-6-19(3)33-25(38)12-21-10-11-35(5)13-21/h18-24H,6-17,31H2,1-5H3,(H,32,39)(H,33,38)(H,34,40). The lowest BCUT2D eigenvalue weighted by atomic mass is 9.97. The van der Waals surface area contributed by atoms with Crippen LogP contribution >= 0.6 is 0 Å². The molecule has 3 heterocycles. The van der Waals surface area contributed by atoms with Crippen LogP contribution in [0.1, 0.15) is 66.2 Å². The lowest BCUT2D eigenvalue weighted by Crippen LogP contribution is -2.64. The molecule has 40 heavy (non-hydrogen) atoms. The Labute approximate surface area is 238 Å². The maximum atomic E-state index is 13.7. The summed E-state index contributed by atoms with van der Waals surface area (Å²) in [7, 11) is 2.05. The van der Waals surface area contributed by atoms with E-state index in [1.54, 1.807) is 0 Å².